The van der Waals surface area contributed by atoms with Gasteiger partial charge in [0.1, 0.15) is 16.4 Å². The fourth-order valence-corrected chi connectivity index (χ4v) is 2.17. The van der Waals surface area contributed by atoms with Crippen LogP contribution in [0.15, 0.2) is 12.3 Å². The van der Waals surface area contributed by atoms with Crippen molar-refractivity contribution < 1.29 is 9.72 Å². The van der Waals surface area contributed by atoms with Crippen LogP contribution in [0.3, 0.4) is 0 Å². The van der Waals surface area contributed by atoms with E-state index in [1.807, 2.05) is 6.92 Å². The van der Waals surface area contributed by atoms with Crippen molar-refractivity contribution in [3.05, 3.63) is 38.1 Å². The Bertz CT molecular complexity index is 675. The number of nitro groups is 1. The number of hydrogen-bond acceptors (Lipinski definition) is 7. The third-order valence-electron chi connectivity index (χ3n) is 2.27. The first-order chi connectivity index (χ1) is 9.51. The van der Waals surface area contributed by atoms with Gasteiger partial charge in [0.2, 0.25) is 5.13 Å². The number of aromatic nitrogens is 3. The zero-order valence-electron chi connectivity index (χ0n) is 10.2. The van der Waals surface area contributed by atoms with E-state index in [9.17, 15) is 14.9 Å². The number of halogens is 1. The highest BCUT2D eigenvalue weighted by molar-refractivity contribution is 7.15. The standard InChI is InChI=1S/C10H8ClN5O3S/c1-2-7-14-15-10(20-7)13-9(17)6-3-5(16(18)19)4-12-8(6)11/h3-4H,2H2,1H3,(H,13,15,17). The third-order valence-corrected chi connectivity index (χ3v) is 3.55. The first kappa shape index (κ1) is 14.3. The van der Waals surface area contributed by atoms with Crippen LogP contribution in [-0.4, -0.2) is 26.0 Å². The third kappa shape index (κ3) is 3.06. The summed E-state index contributed by atoms with van der Waals surface area (Å²) >= 11 is 6.99. The molecule has 0 aliphatic heterocycles. The van der Waals surface area contributed by atoms with E-state index >= 15 is 0 Å². The van der Waals surface area contributed by atoms with Crippen LogP contribution in [0.5, 0.6) is 0 Å². The van der Waals surface area contributed by atoms with E-state index in [0.717, 1.165) is 17.3 Å². The fraction of sp³-hybridized carbons (Fsp3) is 0.200. The average Bonchev–Trinajstić information content (AvgIpc) is 2.86. The summed E-state index contributed by atoms with van der Waals surface area (Å²) in [5.74, 6) is -0.620. The van der Waals surface area contributed by atoms with E-state index in [1.54, 1.807) is 0 Å². The maximum absolute atomic E-state index is 12.0. The van der Waals surface area contributed by atoms with Crippen molar-refractivity contribution in [1.82, 2.24) is 15.2 Å². The molecule has 2 aromatic heterocycles. The number of carbonyl (C=O) groups is 1. The maximum atomic E-state index is 12.0. The minimum atomic E-state index is -0.653. The molecule has 0 saturated heterocycles. The van der Waals surface area contributed by atoms with Crippen molar-refractivity contribution in [3.8, 4) is 0 Å². The molecule has 0 aliphatic rings. The first-order valence-corrected chi connectivity index (χ1v) is 6.64. The Morgan fingerprint density at radius 3 is 2.90 bits per heavy atom. The van der Waals surface area contributed by atoms with E-state index in [4.69, 9.17) is 11.6 Å². The van der Waals surface area contributed by atoms with E-state index in [2.05, 4.69) is 20.5 Å². The lowest BCUT2D eigenvalue weighted by atomic mass is 10.2. The van der Waals surface area contributed by atoms with Crippen molar-refractivity contribution >= 4 is 39.7 Å². The number of nitrogens with zero attached hydrogens (tertiary/aromatic N) is 4. The average molecular weight is 314 g/mol. The molecule has 0 saturated carbocycles. The molecule has 2 rings (SSSR count). The van der Waals surface area contributed by atoms with Gasteiger partial charge in [-0.25, -0.2) is 4.98 Å². The number of rotatable bonds is 4. The molecule has 1 N–H and O–H groups in total. The second-order valence-electron chi connectivity index (χ2n) is 3.60. The van der Waals surface area contributed by atoms with E-state index in [1.165, 1.54) is 11.3 Å². The normalized spacial score (nSPS) is 10.3. The lowest BCUT2D eigenvalue weighted by Crippen LogP contribution is -2.13. The van der Waals surface area contributed by atoms with Gasteiger partial charge >= 0.3 is 0 Å². The Morgan fingerprint density at radius 2 is 2.30 bits per heavy atom. The number of pyridine rings is 1. The molecule has 0 spiro atoms. The Labute approximate surface area is 122 Å². The molecule has 2 aromatic rings. The van der Waals surface area contributed by atoms with Crippen molar-refractivity contribution in [3.63, 3.8) is 0 Å². The lowest BCUT2D eigenvalue weighted by Gasteiger charge is -2.02. The van der Waals surface area contributed by atoms with Crippen molar-refractivity contribution in [1.29, 1.82) is 0 Å². The number of amides is 1. The number of aryl methyl sites for hydroxylation is 1. The summed E-state index contributed by atoms with van der Waals surface area (Å²) in [6, 6.07) is 1.06. The summed E-state index contributed by atoms with van der Waals surface area (Å²) in [4.78, 5) is 25.6. The van der Waals surface area contributed by atoms with Crippen molar-refractivity contribution in [2.24, 2.45) is 0 Å². The lowest BCUT2D eigenvalue weighted by molar-refractivity contribution is -0.385. The molecule has 0 bridgehead atoms. The molecule has 20 heavy (non-hydrogen) atoms. The summed E-state index contributed by atoms with van der Waals surface area (Å²) < 4.78 is 0. The summed E-state index contributed by atoms with van der Waals surface area (Å²) in [5, 5.41) is 21.7. The molecular weight excluding hydrogens is 306 g/mol. The van der Waals surface area contributed by atoms with E-state index in [0.29, 0.717) is 11.6 Å². The second kappa shape index (κ2) is 5.88. The van der Waals surface area contributed by atoms with Gasteiger partial charge in [0, 0.05) is 6.07 Å². The molecule has 8 nitrogen and oxygen atoms in total. The molecule has 0 unspecified atom stereocenters. The molecule has 0 atom stereocenters. The minimum absolute atomic E-state index is 0.0888. The minimum Gasteiger partial charge on any atom is -0.296 e. The van der Waals surface area contributed by atoms with Crippen LogP contribution < -0.4 is 5.32 Å². The number of nitrogens with one attached hydrogen (secondary N) is 1. The Morgan fingerprint density at radius 1 is 1.55 bits per heavy atom. The number of hydrogen-bond donors (Lipinski definition) is 1. The zero-order valence-corrected chi connectivity index (χ0v) is 11.7. The molecular formula is C10H8ClN5O3S. The molecule has 104 valence electrons. The van der Waals surface area contributed by atoms with Gasteiger partial charge in [-0.05, 0) is 6.42 Å². The highest BCUT2D eigenvalue weighted by atomic mass is 35.5. The van der Waals surface area contributed by atoms with Gasteiger partial charge in [-0.2, -0.15) is 0 Å². The molecule has 1 amide bonds. The first-order valence-electron chi connectivity index (χ1n) is 5.45. The SMILES string of the molecule is CCc1nnc(NC(=O)c2cc([N+](=O)[O-])cnc2Cl)s1. The van der Waals surface area contributed by atoms with Gasteiger partial charge in [0.15, 0.2) is 0 Å². The van der Waals surface area contributed by atoms with Crippen LogP contribution in [-0.2, 0) is 6.42 Å². The highest BCUT2D eigenvalue weighted by Crippen LogP contribution is 2.21. The van der Waals surface area contributed by atoms with Crippen LogP contribution in [0.25, 0.3) is 0 Å². The van der Waals surface area contributed by atoms with Crippen LogP contribution >= 0.6 is 22.9 Å². The van der Waals surface area contributed by atoms with Crippen LogP contribution in [0.4, 0.5) is 10.8 Å². The smallest absolute Gasteiger partial charge is 0.288 e. The van der Waals surface area contributed by atoms with Crippen LogP contribution in [0.1, 0.15) is 22.3 Å². The Balaban J connectivity index is 2.24. The fourth-order valence-electron chi connectivity index (χ4n) is 1.31. The largest absolute Gasteiger partial charge is 0.296 e. The van der Waals surface area contributed by atoms with Gasteiger partial charge in [0.05, 0.1) is 10.5 Å². The topological polar surface area (TPSA) is 111 Å². The molecule has 0 fully saturated rings. The van der Waals surface area contributed by atoms with Crippen molar-refractivity contribution in [2.45, 2.75) is 13.3 Å². The number of carbonyl (C=O) groups excluding carboxylic acids is 1. The molecule has 2 heterocycles. The second-order valence-corrected chi connectivity index (χ2v) is 5.02. The summed E-state index contributed by atoms with van der Waals surface area (Å²) in [6.07, 6.45) is 1.69. The van der Waals surface area contributed by atoms with Crippen molar-refractivity contribution in [2.75, 3.05) is 5.32 Å². The molecule has 0 radical (unpaired) electrons. The van der Waals surface area contributed by atoms with Gasteiger partial charge < -0.3 is 0 Å². The predicted molar refractivity (Wildman–Crippen MR) is 73.1 cm³/mol. The van der Waals surface area contributed by atoms with Gasteiger partial charge in [-0.15, -0.1) is 10.2 Å². The monoisotopic (exact) mass is 313 g/mol. The maximum Gasteiger partial charge on any atom is 0.288 e. The molecule has 0 aromatic carbocycles. The molecule has 10 heteroatoms. The van der Waals surface area contributed by atoms with Gasteiger partial charge in [0.25, 0.3) is 11.6 Å². The predicted octanol–water partition coefficient (Wildman–Crippen LogP) is 2.31. The Hall–Kier alpha value is -2.13. The van der Waals surface area contributed by atoms with Gasteiger partial charge in [-0.3, -0.25) is 20.2 Å². The summed E-state index contributed by atoms with van der Waals surface area (Å²) in [5.41, 5.74) is -0.403. The summed E-state index contributed by atoms with van der Waals surface area (Å²) in [7, 11) is 0. The van der Waals surface area contributed by atoms with E-state index in [-0.39, 0.29) is 16.4 Å². The molecule has 0 aliphatic carbocycles. The Kier molecular flexibility index (Phi) is 4.20. The summed E-state index contributed by atoms with van der Waals surface area (Å²) in [6.45, 7) is 1.91. The van der Waals surface area contributed by atoms with Crippen LogP contribution in [0, 0.1) is 10.1 Å². The quantitative estimate of drug-likeness (QED) is 0.526. The van der Waals surface area contributed by atoms with Crippen LogP contribution in [0.2, 0.25) is 5.15 Å². The van der Waals surface area contributed by atoms with E-state index < -0.39 is 10.8 Å². The number of anilines is 1. The zero-order chi connectivity index (χ0) is 14.7. The highest BCUT2D eigenvalue weighted by Gasteiger charge is 2.18. The van der Waals surface area contributed by atoms with Gasteiger partial charge in [-0.1, -0.05) is 29.9 Å².